The molecule has 0 radical (unpaired) electrons. The highest BCUT2D eigenvalue weighted by molar-refractivity contribution is 6.31. The molecule has 1 amide bonds. The van der Waals surface area contributed by atoms with E-state index in [1.165, 1.54) is 10.4 Å². The SMILES string of the molecule is CCCc1ccc(-c2nnn(CC(C)(C)C(=O)NCc3ccccc3Cl)n2)cc1. The van der Waals surface area contributed by atoms with Gasteiger partial charge in [-0.05, 0) is 42.7 Å². The molecule has 0 aliphatic rings. The van der Waals surface area contributed by atoms with E-state index < -0.39 is 5.41 Å². The summed E-state index contributed by atoms with van der Waals surface area (Å²) in [6.07, 6.45) is 2.17. The number of tetrazole rings is 1. The summed E-state index contributed by atoms with van der Waals surface area (Å²) in [6.45, 7) is 6.58. The van der Waals surface area contributed by atoms with Gasteiger partial charge in [-0.2, -0.15) is 4.80 Å². The van der Waals surface area contributed by atoms with E-state index in [2.05, 4.69) is 39.8 Å². The third-order valence-electron chi connectivity index (χ3n) is 4.75. The zero-order chi connectivity index (χ0) is 20.9. The smallest absolute Gasteiger partial charge is 0.227 e. The van der Waals surface area contributed by atoms with Gasteiger partial charge in [-0.15, -0.1) is 10.2 Å². The van der Waals surface area contributed by atoms with Gasteiger partial charge in [-0.1, -0.05) is 67.4 Å². The lowest BCUT2D eigenvalue weighted by Crippen LogP contribution is -2.39. The molecule has 0 unspecified atom stereocenters. The lowest BCUT2D eigenvalue weighted by Gasteiger charge is -2.22. The fraction of sp³-hybridized carbons (Fsp3) is 0.364. The second-order valence-electron chi connectivity index (χ2n) is 7.75. The van der Waals surface area contributed by atoms with Crippen molar-refractivity contribution in [2.24, 2.45) is 5.41 Å². The number of carbonyl (C=O) groups is 1. The van der Waals surface area contributed by atoms with Crippen molar-refractivity contribution in [1.82, 2.24) is 25.5 Å². The summed E-state index contributed by atoms with van der Waals surface area (Å²) in [4.78, 5) is 14.2. The Morgan fingerprint density at radius 3 is 2.55 bits per heavy atom. The second kappa shape index (κ2) is 9.18. The molecular weight excluding hydrogens is 386 g/mol. The van der Waals surface area contributed by atoms with Gasteiger partial charge in [0.25, 0.3) is 0 Å². The van der Waals surface area contributed by atoms with Crippen LogP contribution in [-0.2, 0) is 24.3 Å². The number of nitrogens with one attached hydrogen (secondary N) is 1. The zero-order valence-corrected chi connectivity index (χ0v) is 17.8. The zero-order valence-electron chi connectivity index (χ0n) is 17.0. The number of halogens is 1. The summed E-state index contributed by atoms with van der Waals surface area (Å²) in [7, 11) is 0. The van der Waals surface area contributed by atoms with Gasteiger partial charge in [0, 0.05) is 17.1 Å². The Labute approximate surface area is 176 Å². The van der Waals surface area contributed by atoms with E-state index in [1.807, 2.05) is 50.2 Å². The van der Waals surface area contributed by atoms with E-state index in [4.69, 9.17) is 11.6 Å². The summed E-state index contributed by atoms with van der Waals surface area (Å²) in [5, 5.41) is 16.3. The molecule has 1 N–H and O–H groups in total. The number of rotatable bonds is 8. The summed E-state index contributed by atoms with van der Waals surface area (Å²) in [6, 6.07) is 15.7. The largest absolute Gasteiger partial charge is 0.351 e. The normalized spacial score (nSPS) is 11.4. The summed E-state index contributed by atoms with van der Waals surface area (Å²) < 4.78 is 0. The molecule has 0 atom stereocenters. The number of benzene rings is 2. The molecule has 29 heavy (non-hydrogen) atoms. The van der Waals surface area contributed by atoms with Crippen LogP contribution in [0.3, 0.4) is 0 Å². The Morgan fingerprint density at radius 2 is 1.86 bits per heavy atom. The van der Waals surface area contributed by atoms with Crippen LogP contribution in [-0.4, -0.2) is 26.1 Å². The van der Waals surface area contributed by atoms with Gasteiger partial charge < -0.3 is 5.32 Å². The summed E-state index contributed by atoms with van der Waals surface area (Å²) in [5.41, 5.74) is 2.38. The van der Waals surface area contributed by atoms with E-state index in [1.54, 1.807) is 0 Å². The number of nitrogens with zero attached hydrogens (tertiary/aromatic N) is 4. The first-order valence-corrected chi connectivity index (χ1v) is 10.2. The minimum Gasteiger partial charge on any atom is -0.351 e. The predicted octanol–water partition coefficient (Wildman–Crippen LogP) is 4.29. The number of aryl methyl sites for hydroxylation is 1. The number of aromatic nitrogens is 4. The minimum absolute atomic E-state index is 0.0970. The molecule has 0 bridgehead atoms. The van der Waals surface area contributed by atoms with Crippen molar-refractivity contribution in [3.05, 3.63) is 64.7 Å². The first-order chi connectivity index (χ1) is 13.9. The van der Waals surface area contributed by atoms with Crippen molar-refractivity contribution < 1.29 is 4.79 Å². The van der Waals surface area contributed by atoms with Gasteiger partial charge in [0.05, 0.1) is 12.0 Å². The van der Waals surface area contributed by atoms with Crippen molar-refractivity contribution in [2.45, 2.75) is 46.7 Å². The Bertz CT molecular complexity index is 965. The summed E-state index contributed by atoms with van der Waals surface area (Å²) in [5.74, 6) is 0.459. The minimum atomic E-state index is -0.704. The Morgan fingerprint density at radius 1 is 1.14 bits per heavy atom. The number of hydrogen-bond donors (Lipinski definition) is 1. The van der Waals surface area contributed by atoms with E-state index in [0.29, 0.717) is 23.9 Å². The molecule has 0 saturated carbocycles. The topological polar surface area (TPSA) is 72.7 Å². The highest BCUT2D eigenvalue weighted by Crippen LogP contribution is 2.21. The maximum absolute atomic E-state index is 12.7. The van der Waals surface area contributed by atoms with Gasteiger partial charge in [0.1, 0.15) is 0 Å². The average molecular weight is 412 g/mol. The molecule has 1 heterocycles. The Balaban J connectivity index is 1.62. The molecule has 3 aromatic rings. The second-order valence-corrected chi connectivity index (χ2v) is 8.16. The van der Waals surface area contributed by atoms with Gasteiger partial charge in [0.15, 0.2) is 0 Å². The number of amides is 1. The molecule has 0 spiro atoms. The number of hydrogen-bond acceptors (Lipinski definition) is 4. The molecule has 0 aliphatic heterocycles. The quantitative estimate of drug-likeness (QED) is 0.600. The van der Waals surface area contributed by atoms with Crippen molar-refractivity contribution in [3.8, 4) is 11.4 Å². The van der Waals surface area contributed by atoms with Crippen molar-refractivity contribution in [3.63, 3.8) is 0 Å². The lowest BCUT2D eigenvalue weighted by molar-refractivity contribution is -0.130. The van der Waals surface area contributed by atoms with Crippen LogP contribution in [0.4, 0.5) is 0 Å². The molecule has 3 rings (SSSR count). The third-order valence-corrected chi connectivity index (χ3v) is 5.12. The van der Waals surface area contributed by atoms with Crippen LogP contribution in [0, 0.1) is 5.41 Å². The molecule has 7 heteroatoms. The van der Waals surface area contributed by atoms with Crippen LogP contribution in [0.25, 0.3) is 11.4 Å². The van der Waals surface area contributed by atoms with Crippen LogP contribution >= 0.6 is 11.6 Å². The van der Waals surface area contributed by atoms with Crippen molar-refractivity contribution in [2.75, 3.05) is 0 Å². The number of carbonyl (C=O) groups excluding carboxylic acids is 1. The molecule has 0 aliphatic carbocycles. The summed E-state index contributed by atoms with van der Waals surface area (Å²) >= 11 is 6.16. The molecule has 0 fully saturated rings. The van der Waals surface area contributed by atoms with Gasteiger partial charge in [-0.3, -0.25) is 4.79 Å². The first kappa shape index (κ1) is 21.0. The molecule has 152 valence electrons. The van der Waals surface area contributed by atoms with Crippen LogP contribution < -0.4 is 5.32 Å². The molecular formula is C22H26ClN5O. The molecule has 1 aromatic heterocycles. The van der Waals surface area contributed by atoms with E-state index in [9.17, 15) is 4.79 Å². The van der Waals surface area contributed by atoms with E-state index >= 15 is 0 Å². The molecule has 2 aromatic carbocycles. The Kier molecular flexibility index (Phi) is 6.64. The fourth-order valence-corrected chi connectivity index (χ4v) is 3.22. The van der Waals surface area contributed by atoms with Gasteiger partial charge in [0.2, 0.25) is 11.7 Å². The standard InChI is InChI=1S/C22H26ClN5O/c1-4-7-16-10-12-17(13-11-16)20-25-27-28(26-20)15-22(2,3)21(29)24-14-18-8-5-6-9-19(18)23/h5-6,8-13H,4,7,14-15H2,1-3H3,(H,24,29). The average Bonchev–Trinajstić information content (AvgIpc) is 3.15. The Hall–Kier alpha value is -2.73. The van der Waals surface area contributed by atoms with Crippen molar-refractivity contribution in [1.29, 1.82) is 0 Å². The van der Waals surface area contributed by atoms with E-state index in [0.717, 1.165) is 24.0 Å². The fourth-order valence-electron chi connectivity index (χ4n) is 3.02. The molecule has 6 nitrogen and oxygen atoms in total. The lowest BCUT2D eigenvalue weighted by atomic mass is 9.92. The maximum atomic E-state index is 12.7. The van der Waals surface area contributed by atoms with Gasteiger partial charge in [-0.25, -0.2) is 0 Å². The third kappa shape index (κ3) is 5.41. The van der Waals surface area contributed by atoms with Gasteiger partial charge >= 0.3 is 0 Å². The monoisotopic (exact) mass is 411 g/mol. The van der Waals surface area contributed by atoms with E-state index in [-0.39, 0.29) is 5.91 Å². The van der Waals surface area contributed by atoms with Crippen LogP contribution in [0.1, 0.15) is 38.3 Å². The molecule has 0 saturated heterocycles. The van der Waals surface area contributed by atoms with Crippen LogP contribution in [0.5, 0.6) is 0 Å². The predicted molar refractivity (Wildman–Crippen MR) is 114 cm³/mol. The highest BCUT2D eigenvalue weighted by atomic mass is 35.5. The van der Waals surface area contributed by atoms with Crippen LogP contribution in [0.2, 0.25) is 5.02 Å². The highest BCUT2D eigenvalue weighted by Gasteiger charge is 2.29. The first-order valence-electron chi connectivity index (χ1n) is 9.78. The van der Waals surface area contributed by atoms with Crippen LogP contribution in [0.15, 0.2) is 48.5 Å². The van der Waals surface area contributed by atoms with Crippen molar-refractivity contribution >= 4 is 17.5 Å². The maximum Gasteiger partial charge on any atom is 0.227 e.